The molecule has 4 fully saturated rings. The van der Waals surface area contributed by atoms with Gasteiger partial charge in [0.15, 0.2) is 18.9 Å². The van der Waals surface area contributed by atoms with E-state index in [9.17, 15) is 30.6 Å². The molecular formula is C21H42IN5O11. The summed E-state index contributed by atoms with van der Waals surface area (Å²) < 4.78 is 29.2. The first-order chi connectivity index (χ1) is 17.5. The molecule has 38 heavy (non-hydrogen) atoms. The molecule has 4 aliphatic rings. The molecule has 16 nitrogen and oxygen atoms in total. The van der Waals surface area contributed by atoms with E-state index in [1.807, 2.05) is 0 Å². The Balaban J connectivity index is 0.00000400. The average Bonchev–Trinajstić information content (AvgIpc) is 2.86. The molecule has 3 heterocycles. The fourth-order valence-corrected chi connectivity index (χ4v) is 5.46. The molecule has 3 saturated heterocycles. The number of rotatable bonds is 6. The second-order valence-corrected chi connectivity index (χ2v) is 10.3. The average molecular weight is 667 g/mol. The fourth-order valence-electron chi connectivity index (χ4n) is 5.46. The van der Waals surface area contributed by atoms with Crippen LogP contribution in [0, 0.1) is 0 Å². The Morgan fingerprint density at radius 2 is 1.42 bits per heavy atom. The lowest BCUT2D eigenvalue weighted by atomic mass is 9.84. The van der Waals surface area contributed by atoms with Gasteiger partial charge in [-0.05, 0) is 19.9 Å². The van der Waals surface area contributed by atoms with E-state index < -0.39 is 111 Å². The first kappa shape index (κ1) is 32.6. The minimum atomic E-state index is -1.54. The monoisotopic (exact) mass is 667 g/mol. The van der Waals surface area contributed by atoms with Crippen LogP contribution in [0.25, 0.3) is 0 Å². The highest BCUT2D eigenvalue weighted by Gasteiger charge is 2.54. The number of hydrogen-bond donors (Lipinski definition) is 11. The molecule has 17 atom stereocenters. The van der Waals surface area contributed by atoms with Crippen LogP contribution in [0.4, 0.5) is 0 Å². The highest BCUT2D eigenvalue weighted by Crippen LogP contribution is 2.35. The summed E-state index contributed by atoms with van der Waals surface area (Å²) in [5.41, 5.74) is 24.0. The van der Waals surface area contributed by atoms with Gasteiger partial charge in [0, 0.05) is 12.1 Å². The van der Waals surface area contributed by atoms with E-state index in [0.29, 0.717) is 0 Å². The van der Waals surface area contributed by atoms with Gasteiger partial charge < -0.3 is 82.6 Å². The maximum atomic E-state index is 11.1. The molecule has 224 valence electrons. The number of hydrogen-bond acceptors (Lipinski definition) is 16. The van der Waals surface area contributed by atoms with Gasteiger partial charge in [-0.15, -0.1) is 24.0 Å². The Hall–Kier alpha value is 0.0900. The van der Waals surface area contributed by atoms with E-state index in [4.69, 9.17) is 46.6 Å². The Labute approximate surface area is 236 Å². The lowest BCUT2D eigenvalue weighted by Crippen LogP contribution is -2.70. The number of ether oxygens (including phenoxy) is 5. The van der Waals surface area contributed by atoms with E-state index in [2.05, 4.69) is 5.32 Å². The number of likely N-dealkylation sites (N-methyl/N-ethyl adjacent to an activating group) is 1. The number of aliphatic hydroxyl groups excluding tert-OH is 6. The molecule has 4 rings (SSSR count). The minimum absolute atomic E-state index is 0. The van der Waals surface area contributed by atoms with Gasteiger partial charge in [-0.3, -0.25) is 0 Å². The van der Waals surface area contributed by atoms with Gasteiger partial charge in [-0.1, -0.05) is 0 Å². The van der Waals surface area contributed by atoms with Crippen LogP contribution in [0.3, 0.4) is 0 Å². The number of halogens is 1. The molecule has 3 aliphatic heterocycles. The minimum Gasteiger partial charge on any atom is -0.394 e. The lowest BCUT2D eigenvalue weighted by Gasteiger charge is -2.51. The van der Waals surface area contributed by atoms with Crippen molar-refractivity contribution in [2.75, 3.05) is 13.7 Å². The molecule has 0 bridgehead atoms. The van der Waals surface area contributed by atoms with E-state index in [-0.39, 0.29) is 36.8 Å². The summed E-state index contributed by atoms with van der Waals surface area (Å²) in [7, 11) is 1.55. The summed E-state index contributed by atoms with van der Waals surface area (Å²) in [5.74, 6) is 0. The van der Waals surface area contributed by atoms with Crippen molar-refractivity contribution in [3.63, 3.8) is 0 Å². The summed E-state index contributed by atoms with van der Waals surface area (Å²) >= 11 is 0. The lowest BCUT2D eigenvalue weighted by molar-refractivity contribution is -0.373. The van der Waals surface area contributed by atoms with Crippen LogP contribution in [0.1, 0.15) is 12.8 Å². The van der Waals surface area contributed by atoms with Gasteiger partial charge in [-0.25, -0.2) is 0 Å². The SMILES string of the molecule is CN[C@@H]1C(O[C@H]2O[C@H](CO)[C@@H](N)[C@H](O)[C@H]2O)O[C@H]2C[C@@H](N)[C@@H](OC3[C@@H](N)C[C@@H](N)[C@H](O)[C@H]3O)O[C@@H]2[C@@H]1O.I. The maximum absolute atomic E-state index is 11.1. The van der Waals surface area contributed by atoms with Gasteiger partial charge in [0.2, 0.25) is 0 Å². The molecule has 0 aromatic rings. The Morgan fingerprint density at radius 3 is 2.05 bits per heavy atom. The summed E-state index contributed by atoms with van der Waals surface area (Å²) in [5, 5.41) is 64.7. The zero-order valence-electron chi connectivity index (χ0n) is 20.9. The fraction of sp³-hybridized carbons (Fsp3) is 1.00. The third-order valence-corrected chi connectivity index (χ3v) is 7.74. The van der Waals surface area contributed by atoms with Gasteiger partial charge in [0.25, 0.3) is 0 Å². The summed E-state index contributed by atoms with van der Waals surface area (Å²) in [6.45, 7) is -0.508. The molecule has 0 aromatic heterocycles. The molecule has 17 heteroatoms. The maximum Gasteiger partial charge on any atom is 0.189 e. The molecule has 0 amide bonds. The standard InChI is InChI=1S/C21H41N5O11.HI/c1-26-11-14(30)18-8(33-20(11)37-21-16(32)13(29)10(25)9(4-27)34-21)3-7(24)19(36-18)35-17-6(23)2-5(22)12(28)15(17)31;/h5-21,26-32H,2-4,22-25H2,1H3;1H/t5-,6+,7-,8+,9-,10-,11+,12+,13+,14-,15-,16-,17?,18+,19+,20?,21-;/m1./s1. The van der Waals surface area contributed by atoms with Gasteiger partial charge in [-0.2, -0.15) is 0 Å². The molecular weight excluding hydrogens is 625 g/mol. The highest BCUT2D eigenvalue weighted by atomic mass is 127. The van der Waals surface area contributed by atoms with E-state index in [0.717, 1.165) is 0 Å². The third kappa shape index (κ3) is 6.28. The summed E-state index contributed by atoms with van der Waals surface area (Å²) in [6, 6.07) is -4.05. The van der Waals surface area contributed by atoms with Gasteiger partial charge >= 0.3 is 0 Å². The molecule has 15 N–H and O–H groups in total. The largest absolute Gasteiger partial charge is 0.394 e. The second kappa shape index (κ2) is 13.4. The van der Waals surface area contributed by atoms with Gasteiger partial charge in [0.05, 0.1) is 36.9 Å². The molecule has 0 aromatic carbocycles. The molecule has 0 spiro atoms. The van der Waals surface area contributed by atoms with Crippen LogP contribution in [0.5, 0.6) is 0 Å². The van der Waals surface area contributed by atoms with Crippen LogP contribution in [-0.4, -0.2) is 148 Å². The second-order valence-electron chi connectivity index (χ2n) is 10.3. The Morgan fingerprint density at radius 1 is 0.737 bits per heavy atom. The number of nitrogens with one attached hydrogen (secondary N) is 1. The van der Waals surface area contributed by atoms with Crippen molar-refractivity contribution in [3.8, 4) is 0 Å². The first-order valence-electron chi connectivity index (χ1n) is 12.5. The van der Waals surface area contributed by atoms with Crippen LogP contribution < -0.4 is 28.3 Å². The molecule has 1 saturated carbocycles. The zero-order valence-corrected chi connectivity index (χ0v) is 23.2. The number of fused-ring (bicyclic) bond motifs is 1. The van der Waals surface area contributed by atoms with E-state index in [1.165, 1.54) is 0 Å². The van der Waals surface area contributed by atoms with Crippen molar-refractivity contribution in [3.05, 3.63) is 0 Å². The molecule has 1 aliphatic carbocycles. The normalized spacial score (nSPS) is 53.6. The van der Waals surface area contributed by atoms with Crippen LogP contribution in [-0.2, 0) is 23.7 Å². The zero-order chi connectivity index (χ0) is 27.2. The smallest absolute Gasteiger partial charge is 0.189 e. The summed E-state index contributed by atoms with van der Waals surface area (Å²) in [6.07, 6.45) is -13.7. The van der Waals surface area contributed by atoms with Crippen molar-refractivity contribution in [1.29, 1.82) is 0 Å². The van der Waals surface area contributed by atoms with E-state index in [1.54, 1.807) is 7.05 Å². The first-order valence-corrected chi connectivity index (χ1v) is 12.5. The molecule has 0 radical (unpaired) electrons. The topological polar surface area (TPSA) is 284 Å². The Kier molecular flexibility index (Phi) is 11.5. The third-order valence-electron chi connectivity index (χ3n) is 7.74. The predicted octanol–water partition coefficient (Wildman–Crippen LogP) is -6.33. The Bertz CT molecular complexity index is 762. The van der Waals surface area contributed by atoms with Crippen LogP contribution >= 0.6 is 24.0 Å². The van der Waals surface area contributed by atoms with Crippen LogP contribution in [0.2, 0.25) is 0 Å². The van der Waals surface area contributed by atoms with Crippen LogP contribution in [0.15, 0.2) is 0 Å². The molecule has 2 unspecified atom stereocenters. The van der Waals surface area contributed by atoms with Gasteiger partial charge in [0.1, 0.15) is 42.7 Å². The van der Waals surface area contributed by atoms with Crippen molar-refractivity contribution >= 4 is 24.0 Å². The van der Waals surface area contributed by atoms with Crippen molar-refractivity contribution < 1.29 is 54.3 Å². The van der Waals surface area contributed by atoms with Crippen molar-refractivity contribution in [2.24, 2.45) is 22.9 Å². The summed E-state index contributed by atoms with van der Waals surface area (Å²) in [4.78, 5) is 0. The highest BCUT2D eigenvalue weighted by molar-refractivity contribution is 14.0. The predicted molar refractivity (Wildman–Crippen MR) is 138 cm³/mol. The van der Waals surface area contributed by atoms with E-state index >= 15 is 0 Å². The van der Waals surface area contributed by atoms with Crippen molar-refractivity contribution in [2.45, 2.75) is 117 Å². The number of nitrogens with two attached hydrogens (primary N) is 4. The quantitative estimate of drug-likeness (QED) is 0.118. The number of aliphatic hydroxyl groups is 6. The van der Waals surface area contributed by atoms with Crippen molar-refractivity contribution in [1.82, 2.24) is 5.32 Å².